The Balaban J connectivity index is 0.00000105. The maximum atomic E-state index is 5.33. The minimum Gasteiger partial charge on any atom is -0.344 e. The minimum absolute atomic E-state index is 0.0539. The number of fused-ring (bicyclic) bond motifs is 10. The number of nitrogens with zero attached hydrogens (tertiary/aromatic N) is 3. The van der Waals surface area contributed by atoms with Crippen molar-refractivity contribution in [2.24, 2.45) is 4.99 Å². The van der Waals surface area contributed by atoms with Gasteiger partial charge in [0.2, 0.25) is 5.96 Å². The fraction of sp³-hybridized carbons (Fsp3) is 0.161. The molecule has 4 heteroatoms. The molecule has 1 N–H and O–H groups in total. The summed E-state index contributed by atoms with van der Waals surface area (Å²) in [6.07, 6.45) is 6.73. The molecule has 0 amide bonds. The first-order valence-electron chi connectivity index (χ1n) is 21.7. The first-order chi connectivity index (χ1) is 29.6. The quantitative estimate of drug-likeness (QED) is 0.190. The highest BCUT2D eigenvalue weighted by molar-refractivity contribution is 6.23. The number of aryl methyl sites for hydroxylation is 1. The predicted octanol–water partition coefficient (Wildman–Crippen LogP) is 15.3. The first kappa shape index (κ1) is 37.4. The van der Waals surface area contributed by atoms with Crippen molar-refractivity contribution in [1.29, 1.82) is 0 Å². The van der Waals surface area contributed by atoms with Crippen molar-refractivity contribution < 1.29 is 0 Å². The van der Waals surface area contributed by atoms with Crippen molar-refractivity contribution in [3.05, 3.63) is 186 Å². The highest BCUT2D eigenvalue weighted by Crippen LogP contribution is 2.42. The van der Waals surface area contributed by atoms with E-state index in [1.165, 1.54) is 93.4 Å². The molecule has 2 aliphatic rings. The average Bonchev–Trinajstić information content (AvgIpc) is 3.95. The molecule has 0 spiro atoms. The lowest BCUT2D eigenvalue weighted by Gasteiger charge is -2.29. The standard InChI is InChI=1S/C52H38N4.2C2H6/c1-31-12-3-4-13-36(31)42-30-35(23-22-32(42)2)50-41-16-5-8-19-45(41)53-52(54-50)56-47-21-10-7-15-38(47)43-28-33(25-27-49(43)56)34-24-26-48-44(29-34)40-18-11-17-39-37-14-6-9-20-46(37)55(48)51(39)40;2*1-2/h3,5-12,14-30,50H,4,13H2,1-2H3,(H,53,54);2*1-2H3. The van der Waals surface area contributed by atoms with Gasteiger partial charge in [-0.05, 0) is 114 Å². The average molecular weight is 779 g/mol. The van der Waals surface area contributed by atoms with E-state index in [-0.39, 0.29) is 6.04 Å². The number of benzene rings is 7. The molecular weight excluding hydrogens is 729 g/mol. The number of aromatic nitrogens is 2. The van der Waals surface area contributed by atoms with Gasteiger partial charge in [-0.2, -0.15) is 0 Å². The van der Waals surface area contributed by atoms with E-state index in [9.17, 15) is 0 Å². The third kappa shape index (κ3) is 5.69. The van der Waals surface area contributed by atoms with Gasteiger partial charge in [0.1, 0.15) is 0 Å². The zero-order valence-electron chi connectivity index (χ0n) is 35.3. The van der Waals surface area contributed by atoms with E-state index in [1.54, 1.807) is 0 Å². The number of para-hydroxylation sites is 4. The van der Waals surface area contributed by atoms with Gasteiger partial charge in [0.15, 0.2) is 0 Å². The van der Waals surface area contributed by atoms with E-state index in [0.29, 0.717) is 0 Å². The molecule has 4 heterocycles. The van der Waals surface area contributed by atoms with Crippen molar-refractivity contribution in [3.63, 3.8) is 0 Å². The summed E-state index contributed by atoms with van der Waals surface area (Å²) in [4.78, 5) is 5.33. The van der Waals surface area contributed by atoms with Crippen LogP contribution < -0.4 is 5.32 Å². The number of rotatable bonds is 3. The largest absolute Gasteiger partial charge is 0.344 e. The molecule has 3 aromatic heterocycles. The molecule has 294 valence electrons. The van der Waals surface area contributed by atoms with Crippen molar-refractivity contribution >= 4 is 77.1 Å². The fourth-order valence-corrected chi connectivity index (χ4v) is 9.83. The minimum atomic E-state index is -0.0539. The number of hydrogen-bond acceptors (Lipinski definition) is 2. The van der Waals surface area contributed by atoms with Gasteiger partial charge in [-0.25, -0.2) is 4.99 Å². The number of allylic oxidation sites excluding steroid dienone is 4. The van der Waals surface area contributed by atoms with Crippen LogP contribution in [0.5, 0.6) is 0 Å². The first-order valence-corrected chi connectivity index (χ1v) is 21.7. The second-order valence-electron chi connectivity index (χ2n) is 15.6. The highest BCUT2D eigenvalue weighted by Gasteiger charge is 2.27. The van der Waals surface area contributed by atoms with Crippen LogP contribution in [0.1, 0.15) is 75.8 Å². The molecule has 4 nitrogen and oxygen atoms in total. The van der Waals surface area contributed by atoms with Gasteiger partial charge in [0.25, 0.3) is 0 Å². The van der Waals surface area contributed by atoms with Crippen LogP contribution in [0.15, 0.2) is 168 Å². The second-order valence-corrected chi connectivity index (χ2v) is 15.6. The van der Waals surface area contributed by atoms with Crippen molar-refractivity contribution in [1.82, 2.24) is 14.3 Å². The molecule has 60 heavy (non-hydrogen) atoms. The lowest BCUT2D eigenvalue weighted by molar-refractivity contribution is 0.730. The number of nitrogens with one attached hydrogen (secondary N) is 1. The molecule has 0 saturated carbocycles. The summed E-state index contributed by atoms with van der Waals surface area (Å²) in [5.41, 5.74) is 17.4. The van der Waals surface area contributed by atoms with Crippen molar-refractivity contribution in [3.8, 4) is 11.1 Å². The smallest absolute Gasteiger partial charge is 0.209 e. The van der Waals surface area contributed by atoms with Crippen molar-refractivity contribution in [2.45, 2.75) is 60.4 Å². The summed E-state index contributed by atoms with van der Waals surface area (Å²) in [5.74, 6) is 0.838. The van der Waals surface area contributed by atoms with E-state index in [0.717, 1.165) is 35.5 Å². The molecule has 1 unspecified atom stereocenters. The number of aliphatic imine (C=N–C) groups is 1. The lowest BCUT2D eigenvalue weighted by Crippen LogP contribution is -2.36. The third-order valence-corrected chi connectivity index (χ3v) is 12.5. The molecule has 10 aromatic rings. The van der Waals surface area contributed by atoms with E-state index in [2.05, 4.69) is 186 Å². The molecule has 1 aliphatic heterocycles. The summed E-state index contributed by atoms with van der Waals surface area (Å²) in [6.45, 7) is 12.5. The third-order valence-electron chi connectivity index (χ3n) is 12.5. The van der Waals surface area contributed by atoms with Crippen LogP contribution in [0.2, 0.25) is 0 Å². The summed E-state index contributed by atoms with van der Waals surface area (Å²) < 4.78 is 4.77. The van der Waals surface area contributed by atoms with Gasteiger partial charge in [-0.3, -0.25) is 4.57 Å². The molecular formula is C56H50N4. The van der Waals surface area contributed by atoms with E-state index >= 15 is 0 Å². The summed E-state index contributed by atoms with van der Waals surface area (Å²) in [6, 6.07) is 53.7. The molecule has 0 fully saturated rings. The maximum absolute atomic E-state index is 5.33. The van der Waals surface area contributed by atoms with Gasteiger partial charge >= 0.3 is 0 Å². The van der Waals surface area contributed by atoms with E-state index in [1.807, 2.05) is 27.7 Å². The van der Waals surface area contributed by atoms with Gasteiger partial charge in [0.05, 0.1) is 39.3 Å². The Kier molecular flexibility index (Phi) is 9.36. The predicted molar refractivity (Wildman–Crippen MR) is 258 cm³/mol. The Morgan fingerprint density at radius 2 is 1.17 bits per heavy atom. The summed E-state index contributed by atoms with van der Waals surface area (Å²) in [5, 5.41) is 11.6. The van der Waals surface area contributed by atoms with Crippen molar-refractivity contribution in [2.75, 3.05) is 0 Å². The van der Waals surface area contributed by atoms with E-state index in [4.69, 9.17) is 4.99 Å². The van der Waals surface area contributed by atoms with Gasteiger partial charge in [-0.1, -0.05) is 137 Å². The molecule has 12 rings (SSSR count). The number of hydrogen-bond donors (Lipinski definition) is 1. The molecule has 1 aliphatic carbocycles. The fourth-order valence-electron chi connectivity index (χ4n) is 9.83. The van der Waals surface area contributed by atoms with Crippen LogP contribution in [0.25, 0.3) is 76.6 Å². The van der Waals surface area contributed by atoms with E-state index < -0.39 is 0 Å². The zero-order valence-corrected chi connectivity index (χ0v) is 35.3. The zero-order chi connectivity index (χ0) is 41.1. The SMILES string of the molecule is CC.CC.CC1=C(c2cc(C3NC(n4c5ccccc5c5cc(-c6ccc7c(c6)c6cccc8c9ccccc9n7c86)ccc54)=Nc4ccccc43)ccc2C)CCC=C1. The van der Waals surface area contributed by atoms with Crippen LogP contribution in [0.4, 0.5) is 5.69 Å². The molecule has 0 radical (unpaired) electrons. The topological polar surface area (TPSA) is 33.7 Å². The van der Waals surface area contributed by atoms with Gasteiger partial charge in [-0.15, -0.1) is 0 Å². The Morgan fingerprint density at radius 3 is 1.93 bits per heavy atom. The van der Waals surface area contributed by atoms with Crippen LogP contribution in [0, 0.1) is 6.92 Å². The monoisotopic (exact) mass is 778 g/mol. The van der Waals surface area contributed by atoms with Crippen LogP contribution in [-0.2, 0) is 0 Å². The normalized spacial score (nSPS) is 15.0. The summed E-state index contributed by atoms with van der Waals surface area (Å²) >= 11 is 0. The second kappa shape index (κ2) is 15.0. The lowest BCUT2D eigenvalue weighted by atomic mass is 9.86. The molecule has 0 saturated heterocycles. The van der Waals surface area contributed by atoms with Crippen LogP contribution in [-0.4, -0.2) is 14.9 Å². The van der Waals surface area contributed by atoms with Crippen LogP contribution in [0.3, 0.4) is 0 Å². The summed E-state index contributed by atoms with van der Waals surface area (Å²) in [7, 11) is 0. The molecule has 7 aromatic carbocycles. The van der Waals surface area contributed by atoms with Crippen LogP contribution >= 0.6 is 0 Å². The molecule has 0 bridgehead atoms. The Morgan fingerprint density at radius 1 is 0.567 bits per heavy atom. The van der Waals surface area contributed by atoms with Gasteiger partial charge < -0.3 is 9.72 Å². The molecule has 1 atom stereocenters. The Hall–Kier alpha value is -6.91. The Labute approximate surface area is 352 Å². The maximum Gasteiger partial charge on any atom is 0.209 e. The Bertz CT molecular complexity index is 3370. The highest BCUT2D eigenvalue weighted by atomic mass is 15.2. The van der Waals surface area contributed by atoms with Gasteiger partial charge in [0, 0.05) is 37.9 Å².